The number of hydrogen-bond donors (Lipinski definition) is 1. The van der Waals surface area contributed by atoms with Gasteiger partial charge in [-0.25, -0.2) is 17.2 Å². The molecule has 0 amide bonds. The molecule has 1 atom stereocenters. The Morgan fingerprint density at radius 1 is 1.16 bits per heavy atom. The minimum atomic E-state index is -4.43. The first-order valence-corrected chi connectivity index (χ1v) is 12.9. The number of ether oxygens (including phenoxy) is 1. The van der Waals surface area contributed by atoms with E-state index < -0.39 is 56.9 Å². The molecular formula is C24H20F5N3O5S. The number of fused-ring (bicyclic) bond motifs is 1. The van der Waals surface area contributed by atoms with E-state index >= 15 is 8.78 Å². The number of halogens is 5. The molecule has 3 aromatic rings. The van der Waals surface area contributed by atoms with Crippen molar-refractivity contribution in [3.63, 3.8) is 0 Å². The summed E-state index contributed by atoms with van der Waals surface area (Å²) in [5.74, 6) is -3.40. The van der Waals surface area contributed by atoms with Crippen LogP contribution in [0.25, 0.3) is 16.6 Å². The lowest BCUT2D eigenvalue weighted by atomic mass is 9.68. The van der Waals surface area contributed by atoms with Gasteiger partial charge in [0.15, 0.2) is 11.6 Å². The van der Waals surface area contributed by atoms with Gasteiger partial charge >= 0.3 is 6.18 Å². The molecule has 1 aromatic carbocycles. The van der Waals surface area contributed by atoms with Crippen LogP contribution >= 0.6 is 0 Å². The number of methoxy groups -OCH3 is 1. The number of anilines is 1. The van der Waals surface area contributed by atoms with Gasteiger partial charge in [0.05, 0.1) is 24.2 Å². The van der Waals surface area contributed by atoms with Crippen molar-refractivity contribution in [2.24, 2.45) is 11.8 Å². The molecule has 1 N–H and O–H groups in total. The average molecular weight is 557 g/mol. The lowest BCUT2D eigenvalue weighted by Crippen LogP contribution is -2.39. The molecule has 5 rings (SSSR count). The number of benzene rings is 1. The lowest BCUT2D eigenvalue weighted by Gasteiger charge is -2.40. The van der Waals surface area contributed by atoms with Crippen LogP contribution in [0.1, 0.15) is 19.3 Å². The molecule has 1 fully saturated rings. The molecule has 0 bridgehead atoms. The standard InChI is InChI=1S/C24H20F5N3O5S/c1-36-19-10-15(12-8-13(9-12)24(27,28)29)16(25)11-18(19)32-17-3-4-20(23(26)14(17)2-5-22(32)33)38(34,35)31-21-6-7-37-30-21/h2-7,10,12-13,16H,8-9,11H2,1H3,(H,30,31)/t12-,13-,16?. The molecule has 2 heterocycles. The van der Waals surface area contributed by atoms with E-state index in [0.717, 1.165) is 29.0 Å². The van der Waals surface area contributed by atoms with Crippen LogP contribution in [0.4, 0.5) is 27.8 Å². The molecule has 14 heteroatoms. The molecule has 0 aliphatic heterocycles. The maximum absolute atomic E-state index is 15.5. The molecule has 202 valence electrons. The van der Waals surface area contributed by atoms with Gasteiger partial charge in [0.1, 0.15) is 23.1 Å². The van der Waals surface area contributed by atoms with Crippen molar-refractivity contribution in [1.82, 2.24) is 9.72 Å². The number of nitrogens with one attached hydrogen (secondary N) is 1. The van der Waals surface area contributed by atoms with E-state index in [9.17, 15) is 26.4 Å². The van der Waals surface area contributed by atoms with Gasteiger partial charge in [0.2, 0.25) is 0 Å². The molecule has 0 radical (unpaired) electrons. The molecule has 2 aliphatic rings. The Hall–Kier alpha value is -3.68. The quantitative estimate of drug-likeness (QED) is 0.428. The van der Waals surface area contributed by atoms with Gasteiger partial charge in [0.25, 0.3) is 15.6 Å². The van der Waals surface area contributed by atoms with Crippen molar-refractivity contribution >= 4 is 32.4 Å². The Morgan fingerprint density at radius 2 is 1.89 bits per heavy atom. The van der Waals surface area contributed by atoms with E-state index in [2.05, 4.69) is 14.4 Å². The number of pyridine rings is 1. The Kier molecular flexibility index (Phi) is 6.32. The second-order valence-electron chi connectivity index (χ2n) is 9.05. The van der Waals surface area contributed by atoms with Gasteiger partial charge in [-0.15, -0.1) is 0 Å². The molecule has 38 heavy (non-hydrogen) atoms. The highest BCUT2D eigenvalue weighted by Crippen LogP contribution is 2.50. The zero-order valence-corrected chi connectivity index (χ0v) is 20.4. The van der Waals surface area contributed by atoms with E-state index in [1.807, 2.05) is 0 Å². The Labute approximate surface area is 212 Å². The van der Waals surface area contributed by atoms with Crippen LogP contribution in [0.5, 0.6) is 0 Å². The number of alkyl halides is 4. The normalized spacial score (nSPS) is 22.3. The van der Waals surface area contributed by atoms with Gasteiger partial charge in [-0.05, 0) is 48.6 Å². The molecule has 2 aromatic heterocycles. The predicted molar refractivity (Wildman–Crippen MR) is 126 cm³/mol. The molecule has 1 saturated carbocycles. The van der Waals surface area contributed by atoms with Gasteiger partial charge in [-0.1, -0.05) is 5.16 Å². The summed E-state index contributed by atoms with van der Waals surface area (Å²) in [7, 11) is -3.16. The summed E-state index contributed by atoms with van der Waals surface area (Å²) in [5, 5.41) is 3.18. The van der Waals surface area contributed by atoms with E-state index in [-0.39, 0.29) is 46.6 Å². The van der Waals surface area contributed by atoms with Gasteiger partial charge in [0, 0.05) is 23.9 Å². The second-order valence-corrected chi connectivity index (χ2v) is 10.7. The van der Waals surface area contributed by atoms with E-state index in [0.29, 0.717) is 0 Å². The summed E-state index contributed by atoms with van der Waals surface area (Å²) in [4.78, 5) is 12.2. The third-order valence-corrected chi connectivity index (χ3v) is 8.19. The third kappa shape index (κ3) is 4.46. The summed E-state index contributed by atoms with van der Waals surface area (Å²) < 4.78 is 108. The maximum Gasteiger partial charge on any atom is 0.391 e. The van der Waals surface area contributed by atoms with E-state index in [1.54, 1.807) is 0 Å². The highest BCUT2D eigenvalue weighted by atomic mass is 32.2. The molecular weight excluding hydrogens is 537 g/mol. The van der Waals surface area contributed by atoms with Crippen LogP contribution in [0, 0.1) is 17.7 Å². The van der Waals surface area contributed by atoms with E-state index in [1.165, 1.54) is 25.3 Å². The molecule has 2 aliphatic carbocycles. The summed E-state index contributed by atoms with van der Waals surface area (Å²) in [5.41, 5.74) is -0.535. The van der Waals surface area contributed by atoms with Crippen molar-refractivity contribution in [3.05, 3.63) is 70.2 Å². The summed E-state index contributed by atoms with van der Waals surface area (Å²) in [6.45, 7) is 0. The Bertz CT molecular complexity index is 1620. The van der Waals surface area contributed by atoms with Crippen molar-refractivity contribution < 1.29 is 39.6 Å². The van der Waals surface area contributed by atoms with Crippen LogP contribution in [0.3, 0.4) is 0 Å². The summed E-state index contributed by atoms with van der Waals surface area (Å²) in [6.07, 6.45) is -4.50. The SMILES string of the molecule is COC1=C(n2c(=O)ccc3c(F)c(S(=O)(=O)Nc4ccon4)ccc32)CC(F)C([C@H]2C[C@H](C(F)(F)F)C2)=C1. The molecule has 8 nitrogen and oxygen atoms in total. The Balaban J connectivity index is 1.57. The fraction of sp³-hybridized carbons (Fsp3) is 0.333. The lowest BCUT2D eigenvalue weighted by molar-refractivity contribution is -0.202. The molecule has 1 unspecified atom stereocenters. The van der Waals surface area contributed by atoms with Crippen LogP contribution in [-0.2, 0) is 14.8 Å². The first-order chi connectivity index (χ1) is 17.9. The summed E-state index contributed by atoms with van der Waals surface area (Å²) in [6, 6.07) is 5.47. The van der Waals surface area contributed by atoms with Crippen LogP contribution < -0.4 is 10.3 Å². The van der Waals surface area contributed by atoms with E-state index in [4.69, 9.17) is 4.74 Å². The van der Waals surface area contributed by atoms with Crippen LogP contribution in [-0.4, -0.2) is 37.6 Å². The second kappa shape index (κ2) is 9.26. The van der Waals surface area contributed by atoms with Crippen molar-refractivity contribution in [2.45, 2.75) is 36.5 Å². The third-order valence-electron chi connectivity index (χ3n) is 6.82. The number of hydrogen-bond acceptors (Lipinski definition) is 6. The van der Waals surface area contributed by atoms with Gasteiger partial charge in [-0.3, -0.25) is 14.1 Å². The topological polar surface area (TPSA) is 103 Å². The average Bonchev–Trinajstić information content (AvgIpc) is 3.30. The predicted octanol–water partition coefficient (Wildman–Crippen LogP) is 5.00. The van der Waals surface area contributed by atoms with Crippen molar-refractivity contribution in [3.8, 4) is 0 Å². The Morgan fingerprint density at radius 3 is 2.53 bits per heavy atom. The minimum absolute atomic E-state index is 0.0294. The van der Waals surface area contributed by atoms with Crippen LogP contribution in [0.2, 0.25) is 0 Å². The minimum Gasteiger partial charge on any atom is -0.495 e. The highest BCUT2D eigenvalue weighted by Gasteiger charge is 2.50. The largest absolute Gasteiger partial charge is 0.495 e. The zero-order chi connectivity index (χ0) is 27.4. The maximum atomic E-state index is 15.5. The van der Waals surface area contributed by atoms with Crippen LogP contribution in [0.15, 0.2) is 68.2 Å². The zero-order valence-electron chi connectivity index (χ0n) is 19.6. The molecule has 0 saturated heterocycles. The number of aromatic nitrogens is 2. The van der Waals surface area contributed by atoms with Crippen molar-refractivity contribution in [1.29, 1.82) is 0 Å². The first-order valence-electron chi connectivity index (χ1n) is 11.4. The van der Waals surface area contributed by atoms with Crippen molar-refractivity contribution in [2.75, 3.05) is 11.8 Å². The smallest absolute Gasteiger partial charge is 0.391 e. The van der Waals surface area contributed by atoms with Gasteiger partial charge < -0.3 is 9.26 Å². The monoisotopic (exact) mass is 557 g/mol. The fourth-order valence-electron chi connectivity index (χ4n) is 4.83. The number of nitrogens with zero attached hydrogens (tertiary/aromatic N) is 2. The first kappa shape index (κ1) is 25.9. The fourth-order valence-corrected chi connectivity index (χ4v) is 5.91. The molecule has 0 spiro atoms. The highest BCUT2D eigenvalue weighted by molar-refractivity contribution is 7.92. The summed E-state index contributed by atoms with van der Waals surface area (Å²) >= 11 is 0. The number of rotatable bonds is 6. The number of allylic oxidation sites excluding steroid dienone is 3. The van der Waals surface area contributed by atoms with Gasteiger partial charge in [-0.2, -0.15) is 13.2 Å². The number of sulfonamides is 1.